The molecule has 0 bridgehead atoms. The average Bonchev–Trinajstić information content (AvgIpc) is 2.60. The molecule has 0 spiro atoms. The highest BCUT2D eigenvalue weighted by Gasteiger charge is 2.19. The maximum atomic E-state index is 11.6. The molecule has 1 heterocycles. The fraction of sp³-hybridized carbons (Fsp3) is 0.316. The Morgan fingerprint density at radius 1 is 1.13 bits per heavy atom. The highest BCUT2D eigenvalue weighted by atomic mass is 16.5. The number of fused-ring (bicyclic) bond motifs is 1. The molecule has 1 aliphatic rings. The van der Waals surface area contributed by atoms with Gasteiger partial charge in [-0.2, -0.15) is 0 Å². The molecule has 1 amide bonds. The summed E-state index contributed by atoms with van der Waals surface area (Å²) in [5.41, 5.74) is 11.0. The molecule has 0 fully saturated rings. The Kier molecular flexibility index (Phi) is 4.35. The van der Waals surface area contributed by atoms with E-state index in [-0.39, 0.29) is 11.9 Å². The van der Waals surface area contributed by atoms with Crippen LogP contribution < -0.4 is 10.5 Å². The largest absolute Gasteiger partial charge is 0.497 e. The molecular weight excluding hydrogens is 288 g/mol. The molecule has 4 heteroatoms. The van der Waals surface area contributed by atoms with Crippen LogP contribution in [0.15, 0.2) is 42.5 Å². The summed E-state index contributed by atoms with van der Waals surface area (Å²) in [4.78, 5) is 13.5. The number of carbonyl (C=O) groups excluding carboxylic acids is 1. The molecule has 2 aromatic rings. The third-order valence-corrected chi connectivity index (χ3v) is 4.52. The van der Waals surface area contributed by atoms with Crippen LogP contribution in [0.2, 0.25) is 0 Å². The zero-order valence-corrected chi connectivity index (χ0v) is 13.6. The first-order valence-electron chi connectivity index (χ1n) is 7.85. The number of benzene rings is 2. The van der Waals surface area contributed by atoms with Crippen molar-refractivity contribution >= 4 is 5.91 Å². The topological polar surface area (TPSA) is 55.6 Å². The summed E-state index contributed by atoms with van der Waals surface area (Å²) in [6, 6.07) is 14.0. The van der Waals surface area contributed by atoms with Gasteiger partial charge in [0.25, 0.3) is 0 Å². The molecular formula is C19H22N2O2. The van der Waals surface area contributed by atoms with Crippen molar-refractivity contribution < 1.29 is 9.53 Å². The maximum absolute atomic E-state index is 11.6. The number of methoxy groups -OCH3 is 1. The Morgan fingerprint density at radius 2 is 1.83 bits per heavy atom. The molecule has 2 N–H and O–H groups in total. The molecule has 1 aliphatic heterocycles. The Hall–Kier alpha value is -2.33. The van der Waals surface area contributed by atoms with Crippen LogP contribution in [0, 0.1) is 0 Å². The van der Waals surface area contributed by atoms with Crippen LogP contribution in [0.4, 0.5) is 0 Å². The van der Waals surface area contributed by atoms with E-state index in [2.05, 4.69) is 18.2 Å². The zero-order valence-electron chi connectivity index (χ0n) is 13.6. The molecule has 0 aromatic heterocycles. The highest BCUT2D eigenvalue weighted by Crippen LogP contribution is 2.26. The summed E-state index contributed by atoms with van der Waals surface area (Å²) in [5.74, 6) is 0.948. The van der Waals surface area contributed by atoms with E-state index in [1.165, 1.54) is 11.1 Å². The molecule has 3 rings (SSSR count). The minimum absolute atomic E-state index is 0.125. The fourth-order valence-electron chi connectivity index (χ4n) is 3.04. The Balaban J connectivity index is 1.85. The quantitative estimate of drug-likeness (QED) is 0.948. The molecule has 0 saturated carbocycles. The number of nitrogens with zero attached hydrogens (tertiary/aromatic N) is 1. The lowest BCUT2D eigenvalue weighted by atomic mass is 9.92. The van der Waals surface area contributed by atoms with E-state index in [4.69, 9.17) is 10.5 Å². The predicted octanol–water partition coefficient (Wildman–Crippen LogP) is 2.65. The molecule has 2 aromatic carbocycles. The first-order chi connectivity index (χ1) is 11.1. The van der Waals surface area contributed by atoms with Crippen LogP contribution in [0.5, 0.6) is 5.75 Å². The van der Waals surface area contributed by atoms with E-state index in [0.29, 0.717) is 6.54 Å². The van der Waals surface area contributed by atoms with Gasteiger partial charge in [-0.05, 0) is 40.8 Å². The summed E-state index contributed by atoms with van der Waals surface area (Å²) >= 11 is 0. The van der Waals surface area contributed by atoms with Crippen LogP contribution in [-0.4, -0.2) is 24.5 Å². The molecule has 1 unspecified atom stereocenters. The smallest absolute Gasteiger partial charge is 0.219 e. The maximum Gasteiger partial charge on any atom is 0.219 e. The monoisotopic (exact) mass is 310 g/mol. The van der Waals surface area contributed by atoms with Gasteiger partial charge < -0.3 is 15.4 Å². The average molecular weight is 310 g/mol. The summed E-state index contributed by atoms with van der Waals surface area (Å²) < 4.78 is 5.18. The number of carbonyl (C=O) groups is 1. The Morgan fingerprint density at radius 3 is 2.48 bits per heavy atom. The van der Waals surface area contributed by atoms with Gasteiger partial charge in [-0.3, -0.25) is 4.79 Å². The number of ether oxygens (including phenoxy) is 1. The van der Waals surface area contributed by atoms with Crippen molar-refractivity contribution in [3.8, 4) is 5.75 Å². The lowest BCUT2D eigenvalue weighted by Gasteiger charge is -2.28. The van der Waals surface area contributed by atoms with Crippen molar-refractivity contribution in [3.05, 3.63) is 64.7 Å². The van der Waals surface area contributed by atoms with Crippen LogP contribution >= 0.6 is 0 Å². The summed E-state index contributed by atoms with van der Waals surface area (Å²) in [5, 5.41) is 0. The van der Waals surface area contributed by atoms with Crippen molar-refractivity contribution in [3.63, 3.8) is 0 Å². The lowest BCUT2D eigenvalue weighted by Crippen LogP contribution is -2.34. The first kappa shape index (κ1) is 15.6. The van der Waals surface area contributed by atoms with Crippen molar-refractivity contribution in [1.82, 2.24) is 4.90 Å². The van der Waals surface area contributed by atoms with Gasteiger partial charge in [0.2, 0.25) is 5.91 Å². The minimum atomic E-state index is -0.182. The molecule has 120 valence electrons. The van der Waals surface area contributed by atoms with Gasteiger partial charge in [0.05, 0.1) is 13.2 Å². The molecule has 23 heavy (non-hydrogen) atoms. The van der Waals surface area contributed by atoms with Crippen molar-refractivity contribution in [2.45, 2.75) is 25.9 Å². The second-order valence-corrected chi connectivity index (χ2v) is 5.97. The Bertz CT molecular complexity index is 710. The van der Waals surface area contributed by atoms with Gasteiger partial charge in [0, 0.05) is 20.0 Å². The molecule has 1 atom stereocenters. The van der Waals surface area contributed by atoms with Crippen molar-refractivity contribution in [2.75, 3.05) is 13.7 Å². The third kappa shape index (κ3) is 3.22. The van der Waals surface area contributed by atoms with Gasteiger partial charge in [-0.25, -0.2) is 0 Å². The number of hydrogen-bond acceptors (Lipinski definition) is 3. The van der Waals surface area contributed by atoms with Crippen LogP contribution in [0.3, 0.4) is 0 Å². The Labute approximate surface area is 136 Å². The highest BCUT2D eigenvalue weighted by molar-refractivity contribution is 5.73. The van der Waals surface area contributed by atoms with E-state index >= 15 is 0 Å². The van der Waals surface area contributed by atoms with Crippen molar-refractivity contribution in [1.29, 1.82) is 0 Å². The van der Waals surface area contributed by atoms with E-state index in [0.717, 1.165) is 29.8 Å². The SMILES string of the molecule is COc1ccc(C(N)c2ccc3c(c2)CN(C(C)=O)CC3)cc1. The predicted molar refractivity (Wildman–Crippen MR) is 90.3 cm³/mol. The molecule has 0 radical (unpaired) electrons. The third-order valence-electron chi connectivity index (χ3n) is 4.52. The number of nitrogens with two attached hydrogens (primary N) is 1. The standard InChI is InChI=1S/C19H22N2O2/c1-13(22)21-10-9-14-3-4-16(11-17(14)12-21)19(20)15-5-7-18(23-2)8-6-15/h3-8,11,19H,9-10,12,20H2,1-2H3. The molecule has 4 nitrogen and oxygen atoms in total. The fourth-order valence-corrected chi connectivity index (χ4v) is 3.04. The van der Waals surface area contributed by atoms with E-state index in [9.17, 15) is 4.79 Å². The zero-order chi connectivity index (χ0) is 16.4. The van der Waals surface area contributed by atoms with Gasteiger partial charge in [-0.15, -0.1) is 0 Å². The number of hydrogen-bond donors (Lipinski definition) is 1. The molecule has 0 saturated heterocycles. The van der Waals surface area contributed by atoms with Gasteiger partial charge in [-0.1, -0.05) is 30.3 Å². The minimum Gasteiger partial charge on any atom is -0.497 e. The second-order valence-electron chi connectivity index (χ2n) is 5.97. The van der Waals surface area contributed by atoms with Gasteiger partial charge in [0.15, 0.2) is 0 Å². The van der Waals surface area contributed by atoms with Crippen LogP contribution in [-0.2, 0) is 17.8 Å². The lowest BCUT2D eigenvalue weighted by molar-refractivity contribution is -0.129. The van der Waals surface area contributed by atoms with E-state index in [1.807, 2.05) is 29.2 Å². The normalized spacial score (nSPS) is 15.0. The summed E-state index contributed by atoms with van der Waals surface area (Å²) in [6.45, 7) is 3.10. The van der Waals surface area contributed by atoms with Gasteiger partial charge >= 0.3 is 0 Å². The second kappa shape index (κ2) is 6.42. The number of amides is 1. The summed E-state index contributed by atoms with van der Waals surface area (Å²) in [6.07, 6.45) is 0.910. The van der Waals surface area contributed by atoms with Gasteiger partial charge in [0.1, 0.15) is 5.75 Å². The number of rotatable bonds is 3. The first-order valence-corrected chi connectivity index (χ1v) is 7.85. The molecule has 0 aliphatic carbocycles. The summed E-state index contributed by atoms with van der Waals surface area (Å²) in [7, 11) is 1.65. The van der Waals surface area contributed by atoms with E-state index in [1.54, 1.807) is 14.0 Å². The van der Waals surface area contributed by atoms with Crippen LogP contribution in [0.1, 0.15) is 35.2 Å². The van der Waals surface area contributed by atoms with Crippen molar-refractivity contribution in [2.24, 2.45) is 5.73 Å². The van der Waals surface area contributed by atoms with Crippen LogP contribution in [0.25, 0.3) is 0 Å². The van der Waals surface area contributed by atoms with E-state index < -0.39 is 0 Å².